The Morgan fingerprint density at radius 3 is 2.27 bits per heavy atom. The summed E-state index contributed by atoms with van der Waals surface area (Å²) in [6, 6.07) is 28.2. The summed E-state index contributed by atoms with van der Waals surface area (Å²) in [5.41, 5.74) is 3.17. The Kier molecular flexibility index (Phi) is 10.9. The molecule has 4 aromatic rings. The lowest BCUT2D eigenvalue weighted by Gasteiger charge is -2.25. The first-order valence-corrected chi connectivity index (χ1v) is 17.1. The third-order valence-electron chi connectivity index (χ3n) is 8.07. The number of carboxylic acid groups (broad SMARTS) is 1. The lowest BCUT2D eigenvalue weighted by Crippen LogP contribution is -2.38. The number of carbonyl (C=O) groups is 2. The summed E-state index contributed by atoms with van der Waals surface area (Å²) in [6.07, 6.45) is 2.88. The molecule has 0 unspecified atom stereocenters. The summed E-state index contributed by atoms with van der Waals surface area (Å²) >= 11 is 0. The van der Waals surface area contributed by atoms with Gasteiger partial charge in [0, 0.05) is 30.3 Å². The molecule has 1 amide bonds. The Morgan fingerprint density at radius 1 is 0.896 bits per heavy atom. The van der Waals surface area contributed by atoms with E-state index in [1.165, 1.54) is 22.1 Å². The highest BCUT2D eigenvalue weighted by atomic mass is 32.2. The van der Waals surface area contributed by atoms with E-state index >= 15 is 0 Å². The number of nitrogens with one attached hydrogen (secondary N) is 1. The molecular formula is C36H40N4O7S. The predicted molar refractivity (Wildman–Crippen MR) is 178 cm³/mol. The minimum absolute atomic E-state index is 0.0217. The minimum atomic E-state index is -4.00. The second kappa shape index (κ2) is 15.1. The van der Waals surface area contributed by atoms with Crippen LogP contribution in [0.15, 0.2) is 102 Å². The van der Waals surface area contributed by atoms with Crippen molar-refractivity contribution >= 4 is 22.1 Å². The van der Waals surface area contributed by atoms with Crippen molar-refractivity contribution in [1.29, 1.82) is 0 Å². The number of carbonyl (C=O) groups excluding carboxylic acids is 1. The summed E-state index contributed by atoms with van der Waals surface area (Å²) in [5, 5.41) is 10.9. The van der Waals surface area contributed by atoms with Crippen molar-refractivity contribution in [2.45, 2.75) is 68.8 Å². The molecule has 1 fully saturated rings. The van der Waals surface area contributed by atoms with Crippen molar-refractivity contribution < 1.29 is 32.6 Å². The van der Waals surface area contributed by atoms with Crippen LogP contribution in [-0.2, 0) is 55.8 Å². The van der Waals surface area contributed by atoms with Crippen LogP contribution in [-0.4, -0.2) is 58.6 Å². The molecule has 0 radical (unpaired) electrons. The maximum atomic E-state index is 13.9. The quantitative estimate of drug-likeness (QED) is 0.163. The van der Waals surface area contributed by atoms with Crippen molar-refractivity contribution in [3.63, 3.8) is 0 Å². The Bertz CT molecular complexity index is 1800. The number of benzene rings is 2. The van der Waals surface area contributed by atoms with Crippen LogP contribution in [0.25, 0.3) is 0 Å². The first-order chi connectivity index (χ1) is 22.9. The smallest absolute Gasteiger partial charge is 0.408 e. The number of pyridine rings is 2. The molecule has 0 bridgehead atoms. The van der Waals surface area contributed by atoms with Gasteiger partial charge in [0.1, 0.15) is 12.1 Å². The van der Waals surface area contributed by atoms with Crippen LogP contribution in [0, 0.1) is 0 Å². The number of hydrogen-bond donors (Lipinski definition) is 2. The molecule has 0 aliphatic heterocycles. The van der Waals surface area contributed by atoms with Crippen LogP contribution < -0.4 is 5.32 Å². The molecule has 1 aliphatic rings. The maximum Gasteiger partial charge on any atom is 0.408 e. The number of aromatic nitrogens is 2. The van der Waals surface area contributed by atoms with E-state index in [-0.39, 0.29) is 30.0 Å². The van der Waals surface area contributed by atoms with Crippen LogP contribution in [0.3, 0.4) is 0 Å². The van der Waals surface area contributed by atoms with Crippen molar-refractivity contribution in [1.82, 2.24) is 19.6 Å². The molecule has 2 aromatic heterocycles. The van der Waals surface area contributed by atoms with Gasteiger partial charge in [-0.2, -0.15) is 4.31 Å². The minimum Gasteiger partial charge on any atom is -0.480 e. The molecule has 1 aliphatic carbocycles. The lowest BCUT2D eigenvalue weighted by molar-refractivity contribution is -0.136. The number of nitrogens with zero attached hydrogens (tertiary/aromatic N) is 3. The molecule has 12 heteroatoms. The molecule has 0 atom stereocenters. The van der Waals surface area contributed by atoms with Gasteiger partial charge < -0.3 is 19.9 Å². The van der Waals surface area contributed by atoms with E-state index < -0.39 is 34.2 Å². The predicted octanol–water partition coefficient (Wildman–Crippen LogP) is 5.25. The van der Waals surface area contributed by atoms with Crippen molar-refractivity contribution in [3.8, 4) is 0 Å². The van der Waals surface area contributed by atoms with Gasteiger partial charge in [-0.15, -0.1) is 0 Å². The van der Waals surface area contributed by atoms with E-state index in [1.807, 2.05) is 42.5 Å². The second-order valence-corrected chi connectivity index (χ2v) is 14.5. The molecule has 252 valence electrons. The number of sulfonamides is 1. The van der Waals surface area contributed by atoms with Gasteiger partial charge in [0.2, 0.25) is 0 Å². The third kappa shape index (κ3) is 9.46. The van der Waals surface area contributed by atoms with Gasteiger partial charge in [-0.25, -0.2) is 18.2 Å². The summed E-state index contributed by atoms with van der Waals surface area (Å²) < 4.78 is 40.6. The van der Waals surface area contributed by atoms with E-state index in [1.54, 1.807) is 44.2 Å². The number of ether oxygens (including phenoxy) is 2. The number of amides is 1. The first kappa shape index (κ1) is 34.7. The zero-order valence-corrected chi connectivity index (χ0v) is 27.9. The lowest BCUT2D eigenvalue weighted by atomic mass is 9.96. The van der Waals surface area contributed by atoms with E-state index in [0.717, 1.165) is 24.0 Å². The van der Waals surface area contributed by atoms with Crippen molar-refractivity contribution in [2.24, 2.45) is 0 Å². The Hall–Kier alpha value is -4.65. The van der Waals surface area contributed by atoms with Gasteiger partial charge in [-0.3, -0.25) is 9.78 Å². The van der Waals surface area contributed by atoms with Crippen LogP contribution >= 0.6 is 0 Å². The van der Waals surface area contributed by atoms with Gasteiger partial charge >= 0.3 is 12.1 Å². The highest BCUT2D eigenvalue weighted by molar-refractivity contribution is 7.89. The zero-order chi connectivity index (χ0) is 34.2. The van der Waals surface area contributed by atoms with Crippen LogP contribution in [0.1, 0.15) is 54.8 Å². The fourth-order valence-electron chi connectivity index (χ4n) is 5.43. The SMILES string of the molecule is CC(C)(Cc1cccc(CN(Cc2ccc(C3(COCc4ccccc4)CC3)cc2)S(=O)(=O)c2ccccn2)n1)OC(=O)NCC(=O)O. The fraction of sp³-hybridized carbons (Fsp3) is 0.333. The Morgan fingerprint density at radius 2 is 1.60 bits per heavy atom. The molecule has 11 nitrogen and oxygen atoms in total. The van der Waals surface area contributed by atoms with Gasteiger partial charge in [0.05, 0.1) is 25.5 Å². The summed E-state index contributed by atoms with van der Waals surface area (Å²) in [4.78, 5) is 31.6. The average molecular weight is 673 g/mol. The standard InChI is InChI=1S/C36H40N4O7S/c1-35(2,47-34(43)38-22-33(41)42)21-30-11-8-12-31(39-30)24-40(48(44,45)32-13-6-7-20-37-32)23-27-14-16-29(17-15-27)36(18-19-36)26-46-25-28-9-4-3-5-10-28/h3-17,20H,18-19,21-26H2,1-2H3,(H,38,43)(H,41,42). The fourth-order valence-corrected chi connectivity index (χ4v) is 6.76. The number of alkyl carbamates (subject to hydrolysis) is 1. The van der Waals surface area contributed by atoms with Crippen molar-refractivity contribution in [3.05, 3.63) is 125 Å². The second-order valence-electron chi connectivity index (χ2n) is 12.6. The Balaban J connectivity index is 1.29. The van der Waals surface area contributed by atoms with Crippen LogP contribution in [0.4, 0.5) is 4.79 Å². The molecule has 0 saturated heterocycles. The average Bonchev–Trinajstić information content (AvgIpc) is 3.85. The molecular weight excluding hydrogens is 632 g/mol. The molecule has 5 rings (SSSR count). The first-order valence-electron chi connectivity index (χ1n) is 15.7. The van der Waals surface area contributed by atoms with Gasteiger partial charge in [-0.05, 0) is 67.6 Å². The number of aliphatic carboxylic acids is 1. The van der Waals surface area contributed by atoms with Gasteiger partial charge in [0.15, 0.2) is 5.03 Å². The van der Waals surface area contributed by atoms with E-state index in [4.69, 9.17) is 14.6 Å². The topological polar surface area (TPSA) is 148 Å². The monoisotopic (exact) mass is 672 g/mol. The highest BCUT2D eigenvalue weighted by Gasteiger charge is 2.44. The van der Waals surface area contributed by atoms with E-state index in [2.05, 4.69) is 27.4 Å². The van der Waals surface area contributed by atoms with Crippen LogP contribution in [0.5, 0.6) is 0 Å². The molecule has 0 spiro atoms. The molecule has 2 aromatic carbocycles. The number of rotatable bonds is 16. The highest BCUT2D eigenvalue weighted by Crippen LogP contribution is 2.48. The summed E-state index contributed by atoms with van der Waals surface area (Å²) in [6.45, 7) is 4.07. The van der Waals surface area contributed by atoms with Crippen molar-refractivity contribution in [2.75, 3.05) is 13.2 Å². The summed E-state index contributed by atoms with van der Waals surface area (Å²) in [7, 11) is -4.00. The van der Waals surface area contributed by atoms with E-state index in [9.17, 15) is 18.0 Å². The normalized spacial score (nSPS) is 14.0. The largest absolute Gasteiger partial charge is 0.480 e. The molecule has 1 saturated carbocycles. The van der Waals surface area contributed by atoms with E-state index in [0.29, 0.717) is 24.6 Å². The number of hydrogen-bond acceptors (Lipinski definition) is 8. The molecule has 2 N–H and O–H groups in total. The zero-order valence-electron chi connectivity index (χ0n) is 27.0. The Labute approximate surface area is 281 Å². The third-order valence-corrected chi connectivity index (χ3v) is 9.78. The molecule has 48 heavy (non-hydrogen) atoms. The van der Waals surface area contributed by atoms with Gasteiger partial charge in [-0.1, -0.05) is 66.7 Å². The summed E-state index contributed by atoms with van der Waals surface area (Å²) in [5.74, 6) is -1.18. The molecule has 2 heterocycles. The maximum absolute atomic E-state index is 13.9. The van der Waals surface area contributed by atoms with Crippen LogP contribution in [0.2, 0.25) is 0 Å². The van der Waals surface area contributed by atoms with Gasteiger partial charge in [0.25, 0.3) is 10.0 Å². The number of carboxylic acids is 1.